The first-order valence-electron chi connectivity index (χ1n) is 10.6. The predicted octanol–water partition coefficient (Wildman–Crippen LogP) is 4.58. The van der Waals surface area contributed by atoms with Crippen molar-refractivity contribution >= 4 is 16.7 Å². The summed E-state index contributed by atoms with van der Waals surface area (Å²) in [5.41, 5.74) is 1.16. The summed E-state index contributed by atoms with van der Waals surface area (Å²) in [4.78, 5) is 16.2. The molecule has 1 atom stereocenters. The summed E-state index contributed by atoms with van der Waals surface area (Å²) in [6, 6.07) is 16.2. The Morgan fingerprint density at radius 1 is 0.879 bits per heavy atom. The Labute approximate surface area is 187 Å². The predicted molar refractivity (Wildman–Crippen MR) is 116 cm³/mol. The van der Waals surface area contributed by atoms with Crippen molar-refractivity contribution < 1.29 is 17.7 Å². The van der Waals surface area contributed by atoms with Crippen LogP contribution in [-0.4, -0.2) is 51.2 Å². The molecular weight excluding hydrogens is 433 g/mol. The lowest BCUT2D eigenvalue weighted by Gasteiger charge is -2.37. The van der Waals surface area contributed by atoms with Crippen LogP contribution in [0.4, 0.5) is 19.0 Å². The van der Waals surface area contributed by atoms with Crippen molar-refractivity contribution in [2.24, 2.45) is 0 Å². The normalized spacial score (nSPS) is 16.3. The average molecular weight is 454 g/mol. The first kappa shape index (κ1) is 21.3. The number of anilines is 1. The minimum Gasteiger partial charge on any atom is -0.353 e. The molecule has 0 spiro atoms. The number of piperazine rings is 1. The number of halogens is 3. The molecule has 0 aliphatic carbocycles. The maximum atomic E-state index is 13.4. The Hall–Kier alpha value is -3.53. The van der Waals surface area contributed by atoms with Gasteiger partial charge in [-0.2, -0.15) is 18.2 Å². The lowest BCUT2D eigenvalue weighted by Crippen LogP contribution is -2.47. The van der Waals surface area contributed by atoms with Gasteiger partial charge in [0.2, 0.25) is 17.5 Å². The van der Waals surface area contributed by atoms with Crippen molar-refractivity contribution in [3.05, 3.63) is 66.3 Å². The van der Waals surface area contributed by atoms with Crippen LogP contribution < -0.4 is 4.90 Å². The summed E-state index contributed by atoms with van der Waals surface area (Å²) in [6.07, 6.45) is -4.61. The average Bonchev–Trinajstić information content (AvgIpc) is 3.33. The maximum Gasteiger partial charge on any atom is 0.451 e. The van der Waals surface area contributed by atoms with Gasteiger partial charge in [-0.25, -0.2) is 9.97 Å². The Bertz CT molecular complexity index is 1250. The zero-order valence-corrected chi connectivity index (χ0v) is 17.8. The number of benzene rings is 2. The number of fused-ring (bicyclic) bond motifs is 1. The zero-order valence-electron chi connectivity index (χ0n) is 17.8. The van der Waals surface area contributed by atoms with E-state index in [1.807, 2.05) is 42.2 Å². The largest absolute Gasteiger partial charge is 0.451 e. The Morgan fingerprint density at radius 3 is 2.30 bits per heavy atom. The van der Waals surface area contributed by atoms with Gasteiger partial charge in [-0.1, -0.05) is 47.6 Å². The van der Waals surface area contributed by atoms with Gasteiger partial charge in [0.1, 0.15) is 5.82 Å². The van der Waals surface area contributed by atoms with Gasteiger partial charge in [0, 0.05) is 37.1 Å². The molecule has 4 aromatic rings. The molecule has 0 bridgehead atoms. The lowest BCUT2D eigenvalue weighted by atomic mass is 10.2. The van der Waals surface area contributed by atoms with Gasteiger partial charge in [0.15, 0.2) is 0 Å². The van der Waals surface area contributed by atoms with Crippen molar-refractivity contribution in [1.82, 2.24) is 25.0 Å². The number of rotatable bonds is 4. The lowest BCUT2D eigenvalue weighted by molar-refractivity contribution is -0.144. The number of aromatic nitrogens is 4. The Kier molecular flexibility index (Phi) is 5.45. The first-order chi connectivity index (χ1) is 15.9. The van der Waals surface area contributed by atoms with Gasteiger partial charge >= 0.3 is 6.18 Å². The number of hydrogen-bond acceptors (Lipinski definition) is 7. The summed E-state index contributed by atoms with van der Waals surface area (Å²) in [6.45, 7) is 4.25. The minimum absolute atomic E-state index is 0.120. The van der Waals surface area contributed by atoms with Crippen LogP contribution in [0.3, 0.4) is 0 Å². The van der Waals surface area contributed by atoms with Crippen LogP contribution in [0.2, 0.25) is 0 Å². The highest BCUT2D eigenvalue weighted by Gasteiger charge is 2.36. The monoisotopic (exact) mass is 454 g/mol. The summed E-state index contributed by atoms with van der Waals surface area (Å²) >= 11 is 0. The van der Waals surface area contributed by atoms with Crippen LogP contribution in [-0.2, 0) is 6.18 Å². The van der Waals surface area contributed by atoms with Gasteiger partial charge in [0.05, 0.1) is 11.6 Å². The molecule has 2 aromatic carbocycles. The molecule has 2 aromatic heterocycles. The van der Waals surface area contributed by atoms with E-state index >= 15 is 0 Å². The molecule has 5 rings (SSSR count). The number of hydrogen-bond donors (Lipinski definition) is 0. The first-order valence-corrected chi connectivity index (χ1v) is 10.6. The quantitative estimate of drug-likeness (QED) is 0.447. The molecule has 3 heterocycles. The van der Waals surface area contributed by atoms with Crippen LogP contribution in [0, 0.1) is 0 Å². The molecule has 1 fully saturated rings. The molecule has 1 aliphatic rings. The molecular formula is C23H21F3N6O. The van der Waals surface area contributed by atoms with Crippen LogP contribution in [0.15, 0.2) is 59.1 Å². The van der Waals surface area contributed by atoms with E-state index in [0.29, 0.717) is 49.1 Å². The standard InChI is InChI=1S/C23H21F3N6O/c1-15(21-28-19(30-33-21)16-7-3-2-4-8-16)31-11-13-32(14-12-31)20-17-9-5-6-10-18(17)27-22(29-20)23(24,25)26/h2-10,15H,11-14H2,1H3. The Balaban J connectivity index is 1.33. The summed E-state index contributed by atoms with van der Waals surface area (Å²) < 4.78 is 45.6. The fourth-order valence-electron chi connectivity index (χ4n) is 4.01. The van der Waals surface area contributed by atoms with Gasteiger partial charge in [-0.3, -0.25) is 4.90 Å². The molecule has 0 saturated carbocycles. The number of para-hydroxylation sites is 1. The molecule has 0 radical (unpaired) electrons. The molecule has 1 saturated heterocycles. The molecule has 0 N–H and O–H groups in total. The molecule has 170 valence electrons. The van der Waals surface area contributed by atoms with E-state index in [2.05, 4.69) is 25.0 Å². The van der Waals surface area contributed by atoms with Crippen LogP contribution in [0.5, 0.6) is 0 Å². The molecule has 1 aliphatic heterocycles. The SMILES string of the molecule is CC(c1nc(-c2ccccc2)no1)N1CCN(c2nc(C(F)(F)F)nc3ccccc23)CC1. The summed E-state index contributed by atoms with van der Waals surface area (Å²) in [5.74, 6) is 0.230. The van der Waals surface area contributed by atoms with E-state index in [1.54, 1.807) is 24.3 Å². The van der Waals surface area contributed by atoms with Crippen LogP contribution in [0.25, 0.3) is 22.3 Å². The van der Waals surface area contributed by atoms with Gasteiger partial charge in [-0.05, 0) is 19.1 Å². The highest BCUT2D eigenvalue weighted by molar-refractivity contribution is 5.89. The van der Waals surface area contributed by atoms with Crippen molar-refractivity contribution in [1.29, 1.82) is 0 Å². The summed E-state index contributed by atoms with van der Waals surface area (Å²) in [5, 5.41) is 4.69. The van der Waals surface area contributed by atoms with E-state index < -0.39 is 12.0 Å². The van der Waals surface area contributed by atoms with Crippen molar-refractivity contribution in [2.75, 3.05) is 31.1 Å². The topological polar surface area (TPSA) is 71.2 Å². The van der Waals surface area contributed by atoms with Gasteiger partial charge in [0.25, 0.3) is 0 Å². The van der Waals surface area contributed by atoms with Gasteiger partial charge in [-0.15, -0.1) is 0 Å². The molecule has 33 heavy (non-hydrogen) atoms. The van der Waals surface area contributed by atoms with E-state index in [9.17, 15) is 13.2 Å². The summed E-state index contributed by atoms with van der Waals surface area (Å²) in [7, 11) is 0. The maximum absolute atomic E-state index is 13.4. The molecule has 0 amide bonds. The minimum atomic E-state index is -4.61. The highest BCUT2D eigenvalue weighted by atomic mass is 19.4. The number of nitrogens with zero attached hydrogens (tertiary/aromatic N) is 6. The molecule has 10 heteroatoms. The third-order valence-electron chi connectivity index (χ3n) is 5.83. The molecule has 1 unspecified atom stereocenters. The van der Waals surface area contributed by atoms with Gasteiger partial charge < -0.3 is 9.42 Å². The Morgan fingerprint density at radius 2 is 1.58 bits per heavy atom. The van der Waals surface area contributed by atoms with E-state index in [0.717, 1.165) is 5.56 Å². The van der Waals surface area contributed by atoms with E-state index in [1.165, 1.54) is 0 Å². The fourth-order valence-corrected chi connectivity index (χ4v) is 4.01. The smallest absolute Gasteiger partial charge is 0.353 e. The third-order valence-corrected chi connectivity index (χ3v) is 5.83. The third kappa shape index (κ3) is 4.25. The van der Waals surface area contributed by atoms with E-state index in [4.69, 9.17) is 4.52 Å². The second-order valence-electron chi connectivity index (χ2n) is 7.91. The van der Waals surface area contributed by atoms with Crippen molar-refractivity contribution in [2.45, 2.75) is 19.1 Å². The molecule has 7 nitrogen and oxygen atoms in total. The number of alkyl halides is 3. The van der Waals surface area contributed by atoms with Crippen LogP contribution in [0.1, 0.15) is 24.7 Å². The van der Waals surface area contributed by atoms with Crippen molar-refractivity contribution in [3.63, 3.8) is 0 Å². The zero-order chi connectivity index (χ0) is 23.0. The van der Waals surface area contributed by atoms with Crippen LogP contribution >= 0.6 is 0 Å². The second-order valence-corrected chi connectivity index (χ2v) is 7.91. The fraction of sp³-hybridized carbons (Fsp3) is 0.304. The highest BCUT2D eigenvalue weighted by Crippen LogP contribution is 2.32. The van der Waals surface area contributed by atoms with E-state index in [-0.39, 0.29) is 11.6 Å². The second kappa shape index (κ2) is 8.43. The van der Waals surface area contributed by atoms with Crippen molar-refractivity contribution in [3.8, 4) is 11.4 Å².